The van der Waals surface area contributed by atoms with Gasteiger partial charge in [-0.15, -0.1) is 0 Å². The highest BCUT2D eigenvalue weighted by atomic mass is 16.5. The molecule has 0 aliphatic carbocycles. The Bertz CT molecular complexity index is 1160. The highest BCUT2D eigenvalue weighted by molar-refractivity contribution is 5.94. The molecule has 0 spiro atoms. The first-order valence-corrected chi connectivity index (χ1v) is 7.28. The van der Waals surface area contributed by atoms with Gasteiger partial charge in [0.1, 0.15) is 0 Å². The Labute approximate surface area is 169 Å². The molecule has 1 aliphatic rings. The molecule has 2 rings (SSSR count). The van der Waals surface area contributed by atoms with Crippen LogP contribution in [0.4, 0.5) is 4.79 Å². The Morgan fingerprint density at radius 2 is 2.20 bits per heavy atom. The molecule has 6 heteroatoms. The monoisotopic (exact) mass is 362 g/mol. The summed E-state index contributed by atoms with van der Waals surface area (Å²) in [5, 5.41) is 3.33. The van der Waals surface area contributed by atoms with Crippen molar-refractivity contribution in [2.45, 2.75) is 39.2 Å². The maximum atomic E-state index is 13.6. The van der Waals surface area contributed by atoms with Crippen LogP contribution in [0.3, 0.4) is 0 Å². The first kappa shape index (κ1) is 7.66. The van der Waals surface area contributed by atoms with E-state index in [4.69, 9.17) is 19.9 Å². The van der Waals surface area contributed by atoms with E-state index in [1.54, 1.807) is 0 Å². The summed E-state index contributed by atoms with van der Waals surface area (Å²) in [4.78, 5) is 26.1. The quantitative estimate of drug-likeness (QED) is 0.863. The van der Waals surface area contributed by atoms with Crippen LogP contribution in [0, 0.1) is 11.3 Å². The molecule has 6 nitrogen and oxygen atoms in total. The Kier molecular flexibility index (Phi) is 2.41. The van der Waals surface area contributed by atoms with E-state index in [2.05, 4.69) is 5.11 Å². The molecule has 3 unspecified atom stereocenters. The molecule has 0 saturated carbocycles. The van der Waals surface area contributed by atoms with Crippen LogP contribution < -0.4 is 5.31 Å². The summed E-state index contributed by atoms with van der Waals surface area (Å²) in [6, 6.07) is -12.0. The van der Waals surface area contributed by atoms with Crippen molar-refractivity contribution in [3.8, 4) is 0 Å². The Hall–Kier alpha value is -2.08. The van der Waals surface area contributed by atoms with Gasteiger partial charge in [0.15, 0.2) is 1.41 Å². The number of carbonyl (C=O) groups excluding carboxylic acids is 1. The van der Waals surface area contributed by atoms with Crippen molar-refractivity contribution in [3.05, 3.63) is 35.8 Å². The molecule has 138 valence electrons. The maximum absolute atomic E-state index is 13.6. The highest BCUT2D eigenvalue weighted by Crippen LogP contribution is 2.36. The van der Waals surface area contributed by atoms with Crippen LogP contribution >= 0.6 is 0 Å². The largest absolute Gasteiger partial charge is 0.465 e. The van der Waals surface area contributed by atoms with Gasteiger partial charge in [-0.1, -0.05) is 38.9 Å². The van der Waals surface area contributed by atoms with Crippen molar-refractivity contribution in [3.63, 3.8) is 0 Å². The second-order valence-corrected chi connectivity index (χ2v) is 6.11. The van der Waals surface area contributed by atoms with E-state index in [0.717, 1.165) is 7.11 Å². The third kappa shape index (κ3) is 4.51. The van der Waals surface area contributed by atoms with Crippen LogP contribution in [0.15, 0.2) is 30.2 Å². The summed E-state index contributed by atoms with van der Waals surface area (Å²) in [5.74, 6) is -5.15. The number of benzene rings is 1. The van der Waals surface area contributed by atoms with E-state index in [9.17, 15) is 13.7 Å². The Balaban J connectivity index is 3.11. The summed E-state index contributed by atoms with van der Waals surface area (Å²) in [6.45, 7) is -1.28. The van der Waals surface area contributed by atoms with E-state index in [0.29, 0.717) is 0 Å². The molecule has 1 aromatic carbocycles. The second kappa shape index (κ2) is 7.87. The molecule has 25 heavy (non-hydrogen) atoms. The first-order valence-electron chi connectivity index (χ1n) is 14.1. The van der Waals surface area contributed by atoms with Gasteiger partial charge in [-0.25, -0.2) is 4.79 Å². The number of rotatable bonds is 4. The molecular formula is C19H28N2O4. The number of hydrogen-bond acceptors (Lipinski definition) is 4. The van der Waals surface area contributed by atoms with Gasteiger partial charge in [0.2, 0.25) is 0 Å². The summed E-state index contributed by atoms with van der Waals surface area (Å²) < 4.78 is 122. The Morgan fingerprint density at radius 1 is 1.52 bits per heavy atom. The lowest BCUT2D eigenvalue weighted by Gasteiger charge is -2.50. The molecular weight excluding hydrogens is 320 g/mol. The van der Waals surface area contributed by atoms with Crippen molar-refractivity contribution in [2.75, 3.05) is 20.2 Å². The predicted octanol–water partition coefficient (Wildman–Crippen LogP) is 2.85. The lowest BCUT2D eigenvalue weighted by Crippen LogP contribution is -2.62. The van der Waals surface area contributed by atoms with Crippen molar-refractivity contribution >= 4 is 12.0 Å². The third-order valence-corrected chi connectivity index (χ3v) is 3.19. The fourth-order valence-electron chi connectivity index (χ4n) is 2.30. The molecule has 0 aromatic heterocycles. The van der Waals surface area contributed by atoms with Gasteiger partial charge in [-0.05, 0) is 23.9 Å². The lowest BCUT2D eigenvalue weighted by molar-refractivity contribution is -0.0216. The van der Waals surface area contributed by atoms with Crippen molar-refractivity contribution in [1.82, 2.24) is 10.2 Å². The summed E-state index contributed by atoms with van der Waals surface area (Å²) in [7, 11) is 0.970. The molecule has 1 fully saturated rings. The average molecular weight is 363 g/mol. The summed E-state index contributed by atoms with van der Waals surface area (Å²) in [5.41, 5.74) is -2.95. The van der Waals surface area contributed by atoms with Gasteiger partial charge in [0.25, 0.3) is 7.34 Å². The van der Waals surface area contributed by atoms with E-state index in [1.807, 2.05) is 0 Å². The van der Waals surface area contributed by atoms with E-state index >= 15 is 0 Å². The molecule has 1 aliphatic heterocycles. The molecule has 2 amide bonds. The van der Waals surface area contributed by atoms with Gasteiger partial charge < -0.3 is 20.1 Å². The molecule has 1 heterocycles. The minimum Gasteiger partial charge on any atom is -0.465 e. The molecule has 0 bridgehead atoms. The number of amides is 2. The molecule has 0 radical (unpaired) electrons. The van der Waals surface area contributed by atoms with Gasteiger partial charge in [0, 0.05) is 44.0 Å². The number of piperidine rings is 1. The van der Waals surface area contributed by atoms with E-state index in [1.165, 1.54) is 20.8 Å². The summed E-state index contributed by atoms with van der Waals surface area (Å²) >= 11 is 0. The second-order valence-electron chi connectivity index (χ2n) is 6.11. The standard InChI is InChI=1S/C19H28N2O4/c1-19(2,3)16-14(12-25-4)15(10-11-21(16)18(23)24)20-17(22)13-8-6-5-7-9-13/h5-9,14-16H,10-12H2,1-4H3,(H,20,22)(H,23,24)/i5D,6D,7D,8D,9D,10D2,11D2,14D,15D,16D/hD2. The number of carbonyl (C=O) groups is 2. The van der Waals surface area contributed by atoms with Crippen LogP contribution in [0.2, 0.25) is 1.41 Å². The Morgan fingerprint density at radius 3 is 2.76 bits per heavy atom. The van der Waals surface area contributed by atoms with Gasteiger partial charge in [-0.3, -0.25) is 4.79 Å². The predicted molar refractivity (Wildman–Crippen MR) is 95.7 cm³/mol. The molecule has 3 atom stereocenters. The summed E-state index contributed by atoms with van der Waals surface area (Å²) in [6.07, 6.45) is -5.84. The highest BCUT2D eigenvalue weighted by Gasteiger charge is 2.46. The minimum atomic E-state index is -3.94. The lowest BCUT2D eigenvalue weighted by atomic mass is 9.72. The van der Waals surface area contributed by atoms with Crippen LogP contribution in [-0.2, 0) is 4.74 Å². The normalized spacial score (nSPS) is 44.7. The zero-order chi connectivity index (χ0) is 30.9. The van der Waals surface area contributed by atoms with Crippen LogP contribution in [0.25, 0.3) is 1.43 Å². The van der Waals surface area contributed by atoms with Crippen LogP contribution in [0.1, 0.15) is 54.0 Å². The number of methoxy groups -OCH3 is 1. The third-order valence-electron chi connectivity index (χ3n) is 3.19. The zero-order valence-corrected chi connectivity index (χ0v) is 14.2. The first-order chi connectivity index (χ1) is 17.4. The SMILES string of the molecule is [2H]OC(=O)N1C([2H])([2H])C([2H])([2H])C([2H])(N([2H])C(=O)c2c([2H])c([2H])c([2H])c([2H])c2[2H])C([2H])(COC)C1([2H])C(C)(C)C. The van der Waals surface area contributed by atoms with Crippen molar-refractivity contribution in [2.24, 2.45) is 11.3 Å². The fourth-order valence-corrected chi connectivity index (χ4v) is 2.30. The number of ether oxygens (including phenoxy) is 1. The number of carboxylic acid groups (broad SMARTS) is 1. The maximum Gasteiger partial charge on any atom is 0.407 e. The average Bonchev–Trinajstić information content (AvgIpc) is 2.83. The van der Waals surface area contributed by atoms with Gasteiger partial charge in [0.05, 0.1) is 16.2 Å². The number of likely N-dealkylation sites (tertiary alicyclic amines) is 1. The molecule has 1 aromatic rings. The van der Waals surface area contributed by atoms with Crippen molar-refractivity contribution < 1.29 is 37.3 Å². The van der Waals surface area contributed by atoms with Crippen LogP contribution in [-0.4, -0.2) is 54.3 Å². The molecule has 1 saturated heterocycles. The fraction of sp³-hybridized carbons (Fsp3) is 0.579. The van der Waals surface area contributed by atoms with Gasteiger partial charge >= 0.3 is 6.09 Å². The number of nitrogens with zero attached hydrogens (tertiary/aromatic N) is 1. The zero-order valence-electron chi connectivity index (χ0n) is 28.2. The van der Waals surface area contributed by atoms with E-state index in [-0.39, 0.29) is 4.90 Å². The number of hydrogen-bond donors (Lipinski definition) is 2. The van der Waals surface area contributed by atoms with Crippen molar-refractivity contribution in [1.29, 1.82) is 1.43 Å². The minimum absolute atomic E-state index is 0.172. The van der Waals surface area contributed by atoms with Crippen LogP contribution in [0.5, 0.6) is 0 Å². The smallest absolute Gasteiger partial charge is 0.407 e. The topological polar surface area (TPSA) is 78.9 Å². The van der Waals surface area contributed by atoms with Gasteiger partial charge in [-0.2, -0.15) is 0 Å². The molecule has 2 N–H and O–H groups in total. The number of nitrogens with one attached hydrogen (secondary N) is 1. The van der Waals surface area contributed by atoms with E-state index < -0.39 is 95.9 Å².